The Balaban J connectivity index is 1.30. The van der Waals surface area contributed by atoms with Crippen LogP contribution in [0.25, 0.3) is 10.9 Å². The average molecular weight is 565 g/mol. The smallest absolute Gasteiger partial charge is 0.356 e. The van der Waals surface area contributed by atoms with Crippen molar-refractivity contribution in [3.8, 4) is 0 Å². The number of halogens is 3. The number of nitrogens with one attached hydrogen (secondary N) is 1. The van der Waals surface area contributed by atoms with Gasteiger partial charge in [0.25, 0.3) is 0 Å². The van der Waals surface area contributed by atoms with Crippen molar-refractivity contribution in [3.63, 3.8) is 0 Å². The van der Waals surface area contributed by atoms with Crippen molar-refractivity contribution in [1.29, 1.82) is 0 Å². The summed E-state index contributed by atoms with van der Waals surface area (Å²) in [6.45, 7) is 0.465. The minimum absolute atomic E-state index is 0.139. The van der Waals surface area contributed by atoms with Crippen LogP contribution in [0.15, 0.2) is 61.2 Å². The highest BCUT2D eigenvalue weighted by atomic mass is 19.4. The van der Waals surface area contributed by atoms with Gasteiger partial charge in [0.1, 0.15) is 0 Å². The summed E-state index contributed by atoms with van der Waals surface area (Å²) in [6, 6.07) is 9.35. The maximum Gasteiger partial charge on any atom is 0.417 e. The molecule has 0 radical (unpaired) electrons. The van der Waals surface area contributed by atoms with Crippen LogP contribution >= 0.6 is 0 Å². The Morgan fingerprint density at radius 3 is 2.66 bits per heavy atom. The summed E-state index contributed by atoms with van der Waals surface area (Å²) in [7, 11) is 0. The first-order valence-corrected chi connectivity index (χ1v) is 13.4. The number of pyridine rings is 2. The minimum atomic E-state index is -4.53. The van der Waals surface area contributed by atoms with Crippen LogP contribution in [-0.4, -0.2) is 43.1 Å². The van der Waals surface area contributed by atoms with Crippen LogP contribution in [0.2, 0.25) is 0 Å². The van der Waals surface area contributed by atoms with Crippen LogP contribution in [0, 0.1) is 0 Å². The summed E-state index contributed by atoms with van der Waals surface area (Å²) in [4.78, 5) is 36.8. The number of fused-ring (bicyclic) bond motifs is 2. The van der Waals surface area contributed by atoms with E-state index in [4.69, 9.17) is 4.74 Å². The number of rotatable bonds is 5. The van der Waals surface area contributed by atoms with Crippen molar-refractivity contribution in [2.75, 3.05) is 11.9 Å². The van der Waals surface area contributed by atoms with E-state index in [9.17, 15) is 22.8 Å². The predicted octanol–water partition coefficient (Wildman–Crippen LogP) is 5.20. The molecule has 212 valence electrons. The Morgan fingerprint density at radius 1 is 1.05 bits per heavy atom. The fourth-order valence-corrected chi connectivity index (χ4v) is 5.58. The first-order chi connectivity index (χ1) is 19.8. The lowest BCUT2D eigenvalue weighted by Crippen LogP contribution is -2.41. The topological polar surface area (TPSA) is 102 Å². The van der Waals surface area contributed by atoms with E-state index < -0.39 is 29.6 Å². The van der Waals surface area contributed by atoms with Gasteiger partial charge in [-0.1, -0.05) is 24.3 Å². The van der Waals surface area contributed by atoms with Gasteiger partial charge in [-0.2, -0.15) is 18.3 Å². The van der Waals surface area contributed by atoms with Gasteiger partial charge in [-0.15, -0.1) is 0 Å². The van der Waals surface area contributed by atoms with Gasteiger partial charge in [-0.05, 0) is 55.4 Å². The van der Waals surface area contributed by atoms with Gasteiger partial charge >= 0.3 is 18.0 Å². The highest BCUT2D eigenvalue weighted by molar-refractivity contribution is 6.40. The first kappa shape index (κ1) is 26.9. The standard InChI is InChI=1S/C29H27F3N6O3/c30-29(31,32)20-9-10-21(34-15-20)17-37(24-11-8-18-5-1-2-6-22(18)24)28(40)27(39)36-23-16-33-13-19-14-35-38(26(19)23)25-7-3-4-12-41-25/h1-2,5-6,9-10,13-16,24-25H,3-4,7-8,11-12,17H2,(H,36,39)/t24-,25?/m1/s1. The first-order valence-electron chi connectivity index (χ1n) is 13.4. The molecule has 1 aliphatic carbocycles. The van der Waals surface area contributed by atoms with E-state index in [0.29, 0.717) is 36.0 Å². The van der Waals surface area contributed by atoms with Crippen molar-refractivity contribution in [2.24, 2.45) is 0 Å². The molecule has 6 rings (SSSR count). The molecule has 4 heterocycles. The van der Waals surface area contributed by atoms with Gasteiger partial charge in [0.15, 0.2) is 6.23 Å². The Bertz CT molecular complexity index is 1580. The van der Waals surface area contributed by atoms with Crippen LogP contribution in [0.5, 0.6) is 0 Å². The number of amides is 2. The van der Waals surface area contributed by atoms with Gasteiger partial charge in [-0.25, -0.2) is 4.68 Å². The summed E-state index contributed by atoms with van der Waals surface area (Å²) in [5.74, 6) is -1.72. The monoisotopic (exact) mass is 564 g/mol. The molecule has 0 saturated carbocycles. The number of benzene rings is 1. The summed E-state index contributed by atoms with van der Waals surface area (Å²) in [5.41, 5.74) is 2.21. The zero-order valence-electron chi connectivity index (χ0n) is 22.0. The quantitative estimate of drug-likeness (QED) is 0.335. The number of carbonyl (C=O) groups is 2. The van der Waals surface area contributed by atoms with E-state index in [-0.39, 0.29) is 18.5 Å². The second-order valence-electron chi connectivity index (χ2n) is 10.2. The molecule has 1 unspecified atom stereocenters. The Labute approximate surface area is 233 Å². The summed E-state index contributed by atoms with van der Waals surface area (Å²) in [5, 5.41) is 7.85. The van der Waals surface area contributed by atoms with Crippen molar-refractivity contribution < 1.29 is 27.5 Å². The lowest BCUT2D eigenvalue weighted by atomic mass is 10.1. The number of hydrogen-bond acceptors (Lipinski definition) is 6. The van der Waals surface area contributed by atoms with E-state index in [1.165, 1.54) is 17.2 Å². The van der Waals surface area contributed by atoms with Crippen molar-refractivity contribution in [1.82, 2.24) is 24.6 Å². The van der Waals surface area contributed by atoms with Gasteiger partial charge in [-0.3, -0.25) is 19.6 Å². The van der Waals surface area contributed by atoms with Crippen molar-refractivity contribution in [3.05, 3.63) is 83.6 Å². The molecular formula is C29H27F3N6O3. The molecule has 0 bridgehead atoms. The number of aryl methyl sites for hydroxylation is 1. The molecule has 1 saturated heterocycles. The molecule has 2 aliphatic rings. The van der Waals surface area contributed by atoms with E-state index >= 15 is 0 Å². The van der Waals surface area contributed by atoms with E-state index in [0.717, 1.165) is 42.7 Å². The molecule has 3 aromatic heterocycles. The third kappa shape index (κ3) is 5.39. The number of aromatic nitrogens is 4. The SMILES string of the molecule is O=C(Nc1cncc2cnn(C3CCCCO3)c12)C(=O)N(Cc1ccc(C(F)(F)F)cn1)[C@@H]1CCc2ccccc21. The molecule has 12 heteroatoms. The molecule has 4 aromatic rings. The number of carbonyl (C=O) groups excluding carboxylic acids is 2. The Morgan fingerprint density at radius 2 is 1.90 bits per heavy atom. The number of anilines is 1. The Kier molecular flexibility index (Phi) is 7.16. The third-order valence-corrected chi connectivity index (χ3v) is 7.59. The van der Waals surface area contributed by atoms with Gasteiger partial charge < -0.3 is 15.0 Å². The summed E-state index contributed by atoms with van der Waals surface area (Å²) < 4.78 is 46.9. The van der Waals surface area contributed by atoms with E-state index in [1.807, 2.05) is 24.3 Å². The number of ether oxygens (including phenoxy) is 1. The molecular weight excluding hydrogens is 537 g/mol. The third-order valence-electron chi connectivity index (χ3n) is 7.59. The molecule has 2 atom stereocenters. The highest BCUT2D eigenvalue weighted by Crippen LogP contribution is 2.37. The van der Waals surface area contributed by atoms with Crippen molar-refractivity contribution >= 4 is 28.4 Å². The van der Waals surface area contributed by atoms with Crippen LogP contribution in [0.3, 0.4) is 0 Å². The maximum absolute atomic E-state index is 13.8. The number of nitrogens with zero attached hydrogens (tertiary/aromatic N) is 5. The van der Waals surface area contributed by atoms with Crippen LogP contribution < -0.4 is 5.32 Å². The van der Waals surface area contributed by atoms with Crippen LogP contribution in [0.1, 0.15) is 60.3 Å². The second-order valence-corrected chi connectivity index (χ2v) is 10.2. The minimum Gasteiger partial charge on any atom is -0.356 e. The molecule has 1 aliphatic heterocycles. The molecule has 1 fully saturated rings. The Hall–Kier alpha value is -4.32. The molecule has 9 nitrogen and oxygen atoms in total. The van der Waals surface area contributed by atoms with Gasteiger partial charge in [0.05, 0.1) is 47.4 Å². The number of hydrogen-bond donors (Lipinski definition) is 1. The average Bonchev–Trinajstić information content (AvgIpc) is 3.61. The van der Waals surface area contributed by atoms with Gasteiger partial charge in [0, 0.05) is 24.4 Å². The van der Waals surface area contributed by atoms with Crippen molar-refractivity contribution in [2.45, 2.75) is 57.1 Å². The lowest BCUT2D eigenvalue weighted by molar-refractivity contribution is -0.145. The predicted molar refractivity (Wildman–Crippen MR) is 142 cm³/mol. The van der Waals surface area contributed by atoms with E-state index in [2.05, 4.69) is 20.4 Å². The normalized spacial score (nSPS) is 18.7. The molecule has 0 spiro atoms. The van der Waals surface area contributed by atoms with Crippen LogP contribution in [0.4, 0.5) is 18.9 Å². The molecule has 2 amide bonds. The zero-order valence-corrected chi connectivity index (χ0v) is 22.0. The molecule has 1 N–H and O–H groups in total. The summed E-state index contributed by atoms with van der Waals surface area (Å²) >= 11 is 0. The van der Waals surface area contributed by atoms with Gasteiger partial charge in [0.2, 0.25) is 0 Å². The fraction of sp³-hybridized carbons (Fsp3) is 0.345. The second kappa shape index (κ2) is 10.9. The zero-order chi connectivity index (χ0) is 28.6. The van der Waals surface area contributed by atoms with E-state index in [1.54, 1.807) is 17.1 Å². The largest absolute Gasteiger partial charge is 0.417 e. The maximum atomic E-state index is 13.8. The van der Waals surface area contributed by atoms with Crippen LogP contribution in [-0.2, 0) is 33.5 Å². The fourth-order valence-electron chi connectivity index (χ4n) is 5.58. The highest BCUT2D eigenvalue weighted by Gasteiger charge is 2.35. The number of alkyl halides is 3. The lowest BCUT2D eigenvalue weighted by Gasteiger charge is -2.29. The molecule has 41 heavy (non-hydrogen) atoms. The molecule has 1 aromatic carbocycles. The summed E-state index contributed by atoms with van der Waals surface area (Å²) in [6.07, 6.45) is 4.60.